The molecule has 0 aliphatic carbocycles. The van der Waals surface area contributed by atoms with Crippen molar-refractivity contribution < 1.29 is 4.79 Å². The lowest BCUT2D eigenvalue weighted by molar-refractivity contribution is 0.0913. The van der Waals surface area contributed by atoms with Crippen LogP contribution in [-0.4, -0.2) is 30.0 Å². The zero-order valence-corrected chi connectivity index (χ0v) is 14.4. The molecule has 1 amide bonds. The van der Waals surface area contributed by atoms with Crippen LogP contribution in [0.4, 0.5) is 0 Å². The van der Waals surface area contributed by atoms with Gasteiger partial charge in [-0.05, 0) is 36.6 Å². The summed E-state index contributed by atoms with van der Waals surface area (Å²) in [5.41, 5.74) is 1.42. The smallest absolute Gasteiger partial charge is 0.261 e. The second-order valence-electron chi connectivity index (χ2n) is 6.03. The Labute approximate surface area is 147 Å². The Morgan fingerprint density at radius 1 is 1.17 bits per heavy atom. The van der Waals surface area contributed by atoms with Gasteiger partial charge in [0.15, 0.2) is 0 Å². The number of aromatic nitrogens is 1. The van der Waals surface area contributed by atoms with Crippen LogP contribution in [0, 0.1) is 5.92 Å². The van der Waals surface area contributed by atoms with Gasteiger partial charge in [-0.1, -0.05) is 37.3 Å². The second-order valence-corrected chi connectivity index (χ2v) is 6.03. The first-order valence-corrected chi connectivity index (χ1v) is 7.95. The largest absolute Gasteiger partial charge is 0.348 e. The molecule has 0 radical (unpaired) electrons. The predicted octanol–water partition coefficient (Wildman–Crippen LogP) is 2.19. The molecule has 1 fully saturated rings. The van der Waals surface area contributed by atoms with Gasteiger partial charge in [0.05, 0.1) is 0 Å². The van der Waals surface area contributed by atoms with Gasteiger partial charge in [0, 0.05) is 18.3 Å². The number of pyridine rings is 1. The molecule has 1 saturated heterocycles. The summed E-state index contributed by atoms with van der Waals surface area (Å²) < 4.78 is 0. The molecule has 2 unspecified atom stereocenters. The Bertz CT molecular complexity index is 745. The van der Waals surface area contributed by atoms with Gasteiger partial charge < -0.3 is 15.6 Å². The molecule has 0 bridgehead atoms. The van der Waals surface area contributed by atoms with Crippen molar-refractivity contribution in [2.24, 2.45) is 5.92 Å². The maximum Gasteiger partial charge on any atom is 0.261 e. The van der Waals surface area contributed by atoms with Crippen LogP contribution in [0.25, 0.3) is 11.3 Å². The van der Waals surface area contributed by atoms with Gasteiger partial charge in [0.2, 0.25) is 0 Å². The van der Waals surface area contributed by atoms with E-state index in [9.17, 15) is 9.59 Å². The maximum atomic E-state index is 12.4. The number of H-pyrrole nitrogens is 1. The molecule has 1 aromatic heterocycles. The number of carbonyl (C=O) groups is 1. The number of aromatic amines is 1. The normalized spacial score (nSPS) is 20.0. The number of piperidine rings is 1. The third kappa shape index (κ3) is 4.04. The van der Waals surface area contributed by atoms with Crippen LogP contribution in [0.3, 0.4) is 0 Å². The van der Waals surface area contributed by atoms with E-state index < -0.39 is 0 Å². The molecule has 0 spiro atoms. The number of halogens is 1. The first kappa shape index (κ1) is 18.2. The molecule has 24 heavy (non-hydrogen) atoms. The van der Waals surface area contributed by atoms with Gasteiger partial charge in [0.1, 0.15) is 5.56 Å². The second kappa shape index (κ2) is 8.13. The highest BCUT2D eigenvalue weighted by atomic mass is 35.5. The highest BCUT2D eigenvalue weighted by Gasteiger charge is 2.24. The van der Waals surface area contributed by atoms with Crippen LogP contribution in [0.1, 0.15) is 23.7 Å². The lowest BCUT2D eigenvalue weighted by Crippen LogP contribution is -2.50. The van der Waals surface area contributed by atoms with Crippen molar-refractivity contribution in [3.63, 3.8) is 0 Å². The van der Waals surface area contributed by atoms with Crippen molar-refractivity contribution >= 4 is 18.3 Å². The molecule has 2 atom stereocenters. The van der Waals surface area contributed by atoms with E-state index in [1.54, 1.807) is 12.1 Å². The summed E-state index contributed by atoms with van der Waals surface area (Å²) in [6.07, 6.45) is 1.02. The predicted molar refractivity (Wildman–Crippen MR) is 97.7 cm³/mol. The highest BCUT2D eigenvalue weighted by molar-refractivity contribution is 5.94. The van der Waals surface area contributed by atoms with Crippen LogP contribution in [0.5, 0.6) is 0 Å². The van der Waals surface area contributed by atoms with Gasteiger partial charge in [-0.2, -0.15) is 0 Å². The number of hydrogen-bond acceptors (Lipinski definition) is 3. The van der Waals surface area contributed by atoms with Crippen molar-refractivity contribution in [2.45, 2.75) is 19.4 Å². The van der Waals surface area contributed by atoms with Crippen molar-refractivity contribution in [2.75, 3.05) is 13.1 Å². The Kier molecular flexibility index (Phi) is 6.17. The lowest BCUT2D eigenvalue weighted by atomic mass is 9.94. The van der Waals surface area contributed by atoms with Crippen molar-refractivity contribution in [1.29, 1.82) is 0 Å². The average Bonchev–Trinajstić information content (AvgIpc) is 2.57. The van der Waals surface area contributed by atoms with E-state index in [1.807, 2.05) is 30.3 Å². The zero-order chi connectivity index (χ0) is 16.2. The number of nitrogens with one attached hydrogen (secondary N) is 3. The van der Waals surface area contributed by atoms with Gasteiger partial charge in [0.25, 0.3) is 11.5 Å². The third-order valence-electron chi connectivity index (χ3n) is 4.38. The Balaban J connectivity index is 0.00000208. The molecule has 2 heterocycles. The molecule has 1 aromatic carbocycles. The maximum absolute atomic E-state index is 12.4. The van der Waals surface area contributed by atoms with E-state index in [0.717, 1.165) is 25.1 Å². The highest BCUT2D eigenvalue weighted by Crippen LogP contribution is 2.15. The molecule has 2 aromatic rings. The molecule has 128 valence electrons. The summed E-state index contributed by atoms with van der Waals surface area (Å²) in [4.78, 5) is 27.4. The molecule has 3 N–H and O–H groups in total. The molecule has 6 heteroatoms. The van der Waals surface area contributed by atoms with E-state index in [4.69, 9.17) is 0 Å². The van der Waals surface area contributed by atoms with Crippen LogP contribution < -0.4 is 16.2 Å². The average molecular weight is 348 g/mol. The summed E-state index contributed by atoms with van der Waals surface area (Å²) in [5, 5.41) is 6.23. The molecule has 1 aliphatic rings. The monoisotopic (exact) mass is 347 g/mol. The SMILES string of the molecule is CC1CCNCC1NC(=O)c1ccc(-c2ccccc2)[nH]c1=O.Cl. The topological polar surface area (TPSA) is 74.0 Å². The summed E-state index contributed by atoms with van der Waals surface area (Å²) in [6, 6.07) is 13.0. The fourth-order valence-corrected chi connectivity index (χ4v) is 2.87. The minimum atomic E-state index is -0.361. The van der Waals surface area contributed by atoms with Crippen LogP contribution in [0.15, 0.2) is 47.3 Å². The summed E-state index contributed by atoms with van der Waals surface area (Å²) in [5.74, 6) is 0.0919. The molecular formula is C18H22ClN3O2. The quantitative estimate of drug-likeness (QED) is 0.796. The van der Waals surface area contributed by atoms with E-state index in [0.29, 0.717) is 11.6 Å². The Morgan fingerprint density at radius 3 is 2.58 bits per heavy atom. The standard InChI is InChI=1S/C18H21N3O2.ClH/c1-12-9-10-19-11-16(12)21-18(23)14-7-8-15(20-17(14)22)13-5-3-2-4-6-13;/h2-8,12,16,19H,9-11H2,1H3,(H,20,22)(H,21,23);1H. The number of amides is 1. The van der Waals surface area contributed by atoms with Crippen molar-refractivity contribution in [3.05, 3.63) is 58.4 Å². The molecule has 0 saturated carbocycles. The van der Waals surface area contributed by atoms with Crippen molar-refractivity contribution in [1.82, 2.24) is 15.6 Å². The number of hydrogen-bond donors (Lipinski definition) is 3. The number of benzene rings is 1. The third-order valence-corrected chi connectivity index (χ3v) is 4.38. The number of carbonyl (C=O) groups excluding carboxylic acids is 1. The van der Waals surface area contributed by atoms with Crippen LogP contribution in [0.2, 0.25) is 0 Å². The Hall–Kier alpha value is -2.11. The summed E-state index contributed by atoms with van der Waals surface area (Å²) in [6.45, 7) is 3.83. The van der Waals surface area contributed by atoms with E-state index in [1.165, 1.54) is 0 Å². The molecular weight excluding hydrogens is 326 g/mol. The van der Waals surface area contributed by atoms with E-state index in [-0.39, 0.29) is 35.5 Å². The fraction of sp³-hybridized carbons (Fsp3) is 0.333. The first-order chi connectivity index (χ1) is 11.1. The van der Waals surface area contributed by atoms with Crippen LogP contribution >= 0.6 is 12.4 Å². The molecule has 1 aliphatic heterocycles. The lowest BCUT2D eigenvalue weighted by Gasteiger charge is -2.30. The molecule has 3 rings (SSSR count). The van der Waals surface area contributed by atoms with Crippen molar-refractivity contribution in [3.8, 4) is 11.3 Å². The first-order valence-electron chi connectivity index (χ1n) is 7.95. The van der Waals surface area contributed by atoms with Crippen LogP contribution in [-0.2, 0) is 0 Å². The Morgan fingerprint density at radius 2 is 1.92 bits per heavy atom. The fourth-order valence-electron chi connectivity index (χ4n) is 2.87. The summed E-state index contributed by atoms with van der Waals surface area (Å²) >= 11 is 0. The van der Waals surface area contributed by atoms with E-state index in [2.05, 4.69) is 22.5 Å². The number of rotatable bonds is 3. The van der Waals surface area contributed by atoms with E-state index >= 15 is 0 Å². The zero-order valence-electron chi connectivity index (χ0n) is 13.5. The van der Waals surface area contributed by atoms with Gasteiger partial charge in [-0.15, -0.1) is 12.4 Å². The molecule has 5 nitrogen and oxygen atoms in total. The minimum absolute atomic E-state index is 0. The minimum Gasteiger partial charge on any atom is -0.348 e. The summed E-state index contributed by atoms with van der Waals surface area (Å²) in [7, 11) is 0. The van der Waals surface area contributed by atoms with Gasteiger partial charge in [-0.3, -0.25) is 9.59 Å². The van der Waals surface area contributed by atoms with Gasteiger partial charge in [-0.25, -0.2) is 0 Å². The van der Waals surface area contributed by atoms with Gasteiger partial charge >= 0.3 is 0 Å².